The Labute approximate surface area is 116 Å². The Kier molecular flexibility index (Phi) is 5.23. The zero-order chi connectivity index (χ0) is 13.7. The van der Waals surface area contributed by atoms with Gasteiger partial charge in [0.25, 0.3) is 0 Å². The summed E-state index contributed by atoms with van der Waals surface area (Å²) in [5, 5.41) is 0. The van der Waals surface area contributed by atoms with Crippen LogP contribution in [-0.4, -0.2) is 36.7 Å². The summed E-state index contributed by atoms with van der Waals surface area (Å²) >= 11 is 0. The molecule has 0 amide bonds. The van der Waals surface area contributed by atoms with Gasteiger partial charge in [-0.05, 0) is 63.9 Å². The van der Waals surface area contributed by atoms with E-state index in [1.165, 1.54) is 5.56 Å². The van der Waals surface area contributed by atoms with Gasteiger partial charge >= 0.3 is 0 Å². The van der Waals surface area contributed by atoms with E-state index >= 15 is 0 Å². The van der Waals surface area contributed by atoms with E-state index in [1.807, 2.05) is 0 Å². The van der Waals surface area contributed by atoms with Crippen molar-refractivity contribution in [3.8, 4) is 5.75 Å². The van der Waals surface area contributed by atoms with Crippen molar-refractivity contribution >= 4 is 0 Å². The van der Waals surface area contributed by atoms with Crippen LogP contribution in [0.25, 0.3) is 0 Å². The Morgan fingerprint density at radius 3 is 2.42 bits per heavy atom. The molecule has 0 radical (unpaired) electrons. The van der Waals surface area contributed by atoms with E-state index in [9.17, 15) is 0 Å². The molecule has 2 N–H and O–H groups in total. The van der Waals surface area contributed by atoms with Crippen LogP contribution < -0.4 is 10.5 Å². The zero-order valence-corrected chi connectivity index (χ0v) is 12.1. The molecule has 19 heavy (non-hydrogen) atoms. The molecule has 0 unspecified atom stereocenters. The van der Waals surface area contributed by atoms with Gasteiger partial charge in [-0.3, -0.25) is 0 Å². The number of hydrogen-bond donors (Lipinski definition) is 1. The fourth-order valence-electron chi connectivity index (χ4n) is 2.47. The maximum absolute atomic E-state index is 5.92. The topological polar surface area (TPSA) is 38.5 Å². The monoisotopic (exact) mass is 262 g/mol. The summed E-state index contributed by atoms with van der Waals surface area (Å²) in [5.41, 5.74) is 7.30. The van der Waals surface area contributed by atoms with Crippen molar-refractivity contribution < 1.29 is 4.74 Å². The van der Waals surface area contributed by atoms with Crippen LogP contribution in [0, 0.1) is 0 Å². The van der Waals surface area contributed by atoms with Crippen LogP contribution in [0.2, 0.25) is 0 Å². The van der Waals surface area contributed by atoms with Crippen molar-refractivity contribution in [2.24, 2.45) is 5.73 Å². The van der Waals surface area contributed by atoms with Gasteiger partial charge in [-0.15, -0.1) is 0 Å². The number of piperidine rings is 1. The number of benzene rings is 1. The molecule has 1 heterocycles. The summed E-state index contributed by atoms with van der Waals surface area (Å²) in [7, 11) is 0. The second-order valence-corrected chi connectivity index (χ2v) is 5.74. The number of nitrogens with two attached hydrogens (primary N) is 1. The van der Waals surface area contributed by atoms with Crippen molar-refractivity contribution in [3.05, 3.63) is 29.8 Å². The normalized spacial score (nSPS) is 17.9. The van der Waals surface area contributed by atoms with Crippen LogP contribution in [0.5, 0.6) is 5.75 Å². The predicted octanol–water partition coefficient (Wildman–Crippen LogP) is 2.44. The number of hydrogen-bond acceptors (Lipinski definition) is 3. The third-order valence-electron chi connectivity index (χ3n) is 3.64. The van der Waals surface area contributed by atoms with Gasteiger partial charge in [0.1, 0.15) is 5.75 Å². The molecule has 0 bridgehead atoms. The average Bonchev–Trinajstić information content (AvgIpc) is 2.39. The highest BCUT2D eigenvalue weighted by atomic mass is 16.5. The number of rotatable bonds is 5. The Balaban J connectivity index is 1.76. The fraction of sp³-hybridized carbons (Fsp3) is 0.625. The highest BCUT2D eigenvalue weighted by Crippen LogP contribution is 2.15. The summed E-state index contributed by atoms with van der Waals surface area (Å²) < 4.78 is 5.65. The molecule has 0 saturated carbocycles. The van der Waals surface area contributed by atoms with Gasteiger partial charge in [0.15, 0.2) is 0 Å². The Bertz CT molecular complexity index is 367. The van der Waals surface area contributed by atoms with Crippen LogP contribution in [0.15, 0.2) is 24.3 Å². The standard InChI is InChI=1S/C16H26N2O/c1-13(2)19-16-5-3-14(4-6-16)7-10-18-11-8-15(17)9-12-18/h3-6,13,15H,7-12,17H2,1-2H3. The maximum atomic E-state index is 5.92. The van der Waals surface area contributed by atoms with Crippen molar-refractivity contribution in [1.29, 1.82) is 0 Å². The van der Waals surface area contributed by atoms with Crippen molar-refractivity contribution in [1.82, 2.24) is 4.90 Å². The van der Waals surface area contributed by atoms with Gasteiger partial charge in [-0.25, -0.2) is 0 Å². The van der Waals surface area contributed by atoms with E-state index in [0.29, 0.717) is 6.04 Å². The lowest BCUT2D eigenvalue weighted by molar-refractivity contribution is 0.215. The lowest BCUT2D eigenvalue weighted by Gasteiger charge is -2.29. The third kappa shape index (κ3) is 4.84. The van der Waals surface area contributed by atoms with Gasteiger partial charge in [-0.2, -0.15) is 0 Å². The summed E-state index contributed by atoms with van der Waals surface area (Å²) in [6.07, 6.45) is 3.63. The van der Waals surface area contributed by atoms with Crippen molar-refractivity contribution in [2.75, 3.05) is 19.6 Å². The first-order valence-corrected chi connectivity index (χ1v) is 7.37. The molecule has 0 atom stereocenters. The molecule has 2 rings (SSSR count). The van der Waals surface area contributed by atoms with Crippen LogP contribution in [0.3, 0.4) is 0 Å². The van der Waals surface area contributed by atoms with Gasteiger partial charge < -0.3 is 15.4 Å². The third-order valence-corrected chi connectivity index (χ3v) is 3.64. The van der Waals surface area contributed by atoms with Crippen LogP contribution >= 0.6 is 0 Å². The first-order valence-electron chi connectivity index (χ1n) is 7.37. The van der Waals surface area contributed by atoms with E-state index in [-0.39, 0.29) is 6.10 Å². The predicted molar refractivity (Wildman–Crippen MR) is 79.6 cm³/mol. The van der Waals surface area contributed by atoms with Crippen molar-refractivity contribution in [3.63, 3.8) is 0 Å². The zero-order valence-electron chi connectivity index (χ0n) is 12.1. The lowest BCUT2D eigenvalue weighted by Crippen LogP contribution is -2.40. The van der Waals surface area contributed by atoms with E-state index < -0.39 is 0 Å². The maximum Gasteiger partial charge on any atom is 0.119 e. The van der Waals surface area contributed by atoms with E-state index in [2.05, 4.69) is 43.0 Å². The molecule has 3 nitrogen and oxygen atoms in total. The van der Waals surface area contributed by atoms with Gasteiger partial charge in [0, 0.05) is 12.6 Å². The minimum absolute atomic E-state index is 0.239. The molecular formula is C16H26N2O. The van der Waals surface area contributed by atoms with Gasteiger partial charge in [0.05, 0.1) is 6.10 Å². The summed E-state index contributed by atoms with van der Waals surface area (Å²) in [6, 6.07) is 8.91. The summed E-state index contributed by atoms with van der Waals surface area (Å²) in [4.78, 5) is 2.52. The number of ether oxygens (including phenoxy) is 1. The molecule has 1 saturated heterocycles. The average molecular weight is 262 g/mol. The molecule has 1 aromatic rings. The molecule has 0 aliphatic carbocycles. The van der Waals surface area contributed by atoms with E-state index in [1.54, 1.807) is 0 Å². The summed E-state index contributed by atoms with van der Waals surface area (Å²) in [5.74, 6) is 0.961. The SMILES string of the molecule is CC(C)Oc1ccc(CCN2CCC(N)CC2)cc1. The minimum atomic E-state index is 0.239. The lowest BCUT2D eigenvalue weighted by atomic mass is 10.1. The Morgan fingerprint density at radius 1 is 1.21 bits per heavy atom. The minimum Gasteiger partial charge on any atom is -0.491 e. The molecular weight excluding hydrogens is 236 g/mol. The largest absolute Gasteiger partial charge is 0.491 e. The van der Waals surface area contributed by atoms with Crippen LogP contribution in [0.4, 0.5) is 0 Å². The quantitative estimate of drug-likeness (QED) is 0.886. The van der Waals surface area contributed by atoms with E-state index in [0.717, 1.165) is 44.6 Å². The number of likely N-dealkylation sites (tertiary alicyclic amines) is 1. The fourth-order valence-corrected chi connectivity index (χ4v) is 2.47. The highest BCUT2D eigenvalue weighted by molar-refractivity contribution is 5.27. The molecule has 1 aliphatic heterocycles. The molecule has 3 heteroatoms. The second-order valence-electron chi connectivity index (χ2n) is 5.74. The van der Waals surface area contributed by atoms with E-state index in [4.69, 9.17) is 10.5 Å². The summed E-state index contributed by atoms with van der Waals surface area (Å²) in [6.45, 7) is 7.53. The van der Waals surface area contributed by atoms with Gasteiger partial charge in [0.2, 0.25) is 0 Å². The number of nitrogens with zero attached hydrogens (tertiary/aromatic N) is 1. The molecule has 0 spiro atoms. The molecule has 1 aromatic carbocycles. The first-order chi connectivity index (χ1) is 9.13. The Morgan fingerprint density at radius 2 is 1.84 bits per heavy atom. The molecule has 106 valence electrons. The smallest absolute Gasteiger partial charge is 0.119 e. The van der Waals surface area contributed by atoms with Crippen molar-refractivity contribution in [2.45, 2.75) is 45.3 Å². The molecule has 1 aliphatic rings. The highest BCUT2D eigenvalue weighted by Gasteiger charge is 2.15. The second kappa shape index (κ2) is 6.92. The van der Waals surface area contributed by atoms with Gasteiger partial charge in [-0.1, -0.05) is 12.1 Å². The molecule has 1 fully saturated rings. The van der Waals surface area contributed by atoms with Crippen LogP contribution in [0.1, 0.15) is 32.3 Å². The Hall–Kier alpha value is -1.06. The van der Waals surface area contributed by atoms with Crippen LogP contribution in [-0.2, 0) is 6.42 Å². The molecule has 0 aromatic heterocycles. The first kappa shape index (κ1) is 14.4.